The number of benzene rings is 3. The van der Waals surface area contributed by atoms with Crippen LogP contribution in [0.5, 0.6) is 5.75 Å². The third-order valence-electron chi connectivity index (χ3n) is 11.8. The molecule has 4 aliphatic rings. The Morgan fingerprint density at radius 3 is 2.51 bits per heavy atom. The van der Waals surface area contributed by atoms with E-state index in [4.69, 9.17) is 25.8 Å². The standard InChI is InChI=1S/C40H46ClN3O8Si/c1-24-38(53(4,5)31-14-12-30(50-3)13-15-31)34(20-35(47)42-17-7-10-29(42)23-45)52-40(24)32-19-27(41)11-16-33(32)43(39(40)49)22-26-8-6-9-28(18-26)44-36(48)21-37(44)51-25(2)46/h6,8-9,11-16,18-19,24,29,34,37-38,45H,7,10,17,20-23H2,1-5H3/t24-,29-,34+,37?,38-,40+/m0/s1. The second-order valence-electron chi connectivity index (χ2n) is 15.2. The van der Waals surface area contributed by atoms with Crippen LogP contribution in [0.2, 0.25) is 23.7 Å². The number of rotatable bonds is 10. The number of hydrogen-bond acceptors (Lipinski definition) is 8. The molecule has 1 spiro atoms. The normalized spacial score (nSPS) is 26.6. The first-order valence-electron chi connectivity index (χ1n) is 18.2. The fourth-order valence-corrected chi connectivity index (χ4v) is 13.4. The molecule has 3 aromatic rings. The number of aliphatic hydroxyl groups is 1. The second kappa shape index (κ2) is 14.2. The van der Waals surface area contributed by atoms with Crippen molar-refractivity contribution in [3.05, 3.63) is 82.9 Å². The molecule has 11 nitrogen and oxygen atoms in total. The summed E-state index contributed by atoms with van der Waals surface area (Å²) < 4.78 is 17.9. The van der Waals surface area contributed by atoms with E-state index in [0.29, 0.717) is 28.5 Å². The Bertz CT molecular complexity index is 1940. The maximum absolute atomic E-state index is 15.2. The number of anilines is 2. The molecule has 6 atom stereocenters. The average molecular weight is 760 g/mol. The number of carbonyl (C=O) groups is 4. The van der Waals surface area contributed by atoms with Crippen molar-refractivity contribution in [3.8, 4) is 5.75 Å². The van der Waals surface area contributed by atoms with Gasteiger partial charge >= 0.3 is 5.97 Å². The molecular weight excluding hydrogens is 714 g/mol. The van der Waals surface area contributed by atoms with Crippen molar-refractivity contribution in [2.75, 3.05) is 30.1 Å². The average Bonchev–Trinajstić information content (AvgIpc) is 3.78. The number of halogens is 1. The van der Waals surface area contributed by atoms with Gasteiger partial charge in [-0.15, -0.1) is 0 Å². The molecule has 3 amide bonds. The number of methoxy groups -OCH3 is 1. The third kappa shape index (κ3) is 6.33. The van der Waals surface area contributed by atoms with Crippen LogP contribution in [0.25, 0.3) is 0 Å². The van der Waals surface area contributed by atoms with E-state index in [0.717, 1.165) is 29.3 Å². The van der Waals surface area contributed by atoms with Gasteiger partial charge < -0.3 is 29.1 Å². The Hall–Kier alpha value is -4.23. The van der Waals surface area contributed by atoms with Crippen molar-refractivity contribution in [2.45, 2.75) is 88.7 Å². The smallest absolute Gasteiger partial charge is 0.304 e. The van der Waals surface area contributed by atoms with E-state index in [-0.39, 0.29) is 61.2 Å². The van der Waals surface area contributed by atoms with Gasteiger partial charge in [-0.05, 0) is 66.4 Å². The van der Waals surface area contributed by atoms with Crippen LogP contribution in [0.4, 0.5) is 11.4 Å². The van der Waals surface area contributed by atoms with E-state index < -0.39 is 32.0 Å². The van der Waals surface area contributed by atoms with Crippen molar-refractivity contribution in [2.24, 2.45) is 5.92 Å². The zero-order chi connectivity index (χ0) is 37.8. The highest BCUT2D eigenvalue weighted by atomic mass is 35.5. The van der Waals surface area contributed by atoms with Gasteiger partial charge in [0.2, 0.25) is 11.8 Å². The maximum Gasteiger partial charge on any atom is 0.304 e. The highest BCUT2D eigenvalue weighted by Crippen LogP contribution is 2.60. The molecule has 1 unspecified atom stereocenters. The SMILES string of the molecule is COc1ccc([Si](C)(C)[C@@H]2[C@@H](CC(=O)N3CCC[C@H]3CO)O[C@]3(C(=O)N(Cc4cccc(N5C(=O)CC5OC(C)=O)c4)c4ccc(Cl)cc43)[C@H]2C)cc1. The van der Waals surface area contributed by atoms with Gasteiger partial charge in [-0.3, -0.25) is 24.1 Å². The molecule has 7 rings (SSSR count). The van der Waals surface area contributed by atoms with Gasteiger partial charge in [-0.25, -0.2) is 0 Å². The van der Waals surface area contributed by atoms with Crippen LogP contribution in [-0.2, 0) is 40.8 Å². The summed E-state index contributed by atoms with van der Waals surface area (Å²) in [5.74, 6) is -0.551. The Labute approximate surface area is 315 Å². The molecule has 0 aliphatic carbocycles. The van der Waals surface area contributed by atoms with E-state index in [1.54, 1.807) is 29.0 Å². The fourth-order valence-electron chi connectivity index (χ4n) is 9.26. The topological polar surface area (TPSA) is 126 Å². The zero-order valence-electron chi connectivity index (χ0n) is 30.7. The highest BCUT2D eigenvalue weighted by Gasteiger charge is 2.66. The number of β-lactam (4-membered cyclic amide) rings is 1. The fraction of sp³-hybridized carbons (Fsp3) is 0.450. The number of nitrogens with zero attached hydrogens (tertiary/aromatic N) is 3. The largest absolute Gasteiger partial charge is 0.497 e. The van der Waals surface area contributed by atoms with Gasteiger partial charge in [-0.2, -0.15) is 0 Å². The molecule has 0 saturated carbocycles. The van der Waals surface area contributed by atoms with Crippen LogP contribution in [0, 0.1) is 5.92 Å². The lowest BCUT2D eigenvalue weighted by molar-refractivity contribution is -0.154. The number of hydrogen-bond donors (Lipinski definition) is 1. The molecule has 3 aromatic carbocycles. The van der Waals surface area contributed by atoms with Gasteiger partial charge in [0.15, 0.2) is 11.8 Å². The summed E-state index contributed by atoms with van der Waals surface area (Å²) in [6.45, 7) is 8.58. The van der Waals surface area contributed by atoms with Crippen LogP contribution in [-0.4, -0.2) is 80.4 Å². The molecule has 4 aliphatic heterocycles. The summed E-state index contributed by atoms with van der Waals surface area (Å²) in [5, 5.41) is 11.7. The van der Waals surface area contributed by atoms with Gasteiger partial charge in [0.1, 0.15) is 5.75 Å². The van der Waals surface area contributed by atoms with Gasteiger partial charge in [-0.1, -0.05) is 61.1 Å². The number of esters is 1. The van der Waals surface area contributed by atoms with Gasteiger partial charge in [0.05, 0.1) is 59.0 Å². The lowest BCUT2D eigenvalue weighted by atomic mass is 9.82. The first kappa shape index (κ1) is 37.1. The minimum Gasteiger partial charge on any atom is -0.497 e. The summed E-state index contributed by atoms with van der Waals surface area (Å²) in [7, 11) is -0.881. The van der Waals surface area contributed by atoms with E-state index in [1.807, 2.05) is 42.5 Å². The minimum atomic E-state index is -2.51. The molecule has 3 saturated heterocycles. The summed E-state index contributed by atoms with van der Waals surface area (Å²) in [5.41, 5.74) is 1.09. The van der Waals surface area contributed by atoms with Crippen molar-refractivity contribution < 1.29 is 38.5 Å². The van der Waals surface area contributed by atoms with E-state index >= 15 is 4.79 Å². The predicted octanol–water partition coefficient (Wildman–Crippen LogP) is 5.11. The Morgan fingerprint density at radius 2 is 1.83 bits per heavy atom. The number of carbonyl (C=O) groups excluding carboxylic acids is 4. The maximum atomic E-state index is 15.2. The van der Waals surface area contributed by atoms with Gasteiger partial charge in [0, 0.05) is 35.7 Å². The lowest BCUT2D eigenvalue weighted by Gasteiger charge is -2.39. The molecule has 13 heteroatoms. The minimum absolute atomic E-state index is 0.0818. The number of amides is 3. The quantitative estimate of drug-likeness (QED) is 0.172. The Morgan fingerprint density at radius 1 is 1.08 bits per heavy atom. The first-order chi connectivity index (χ1) is 25.3. The number of aliphatic hydroxyl groups excluding tert-OH is 1. The number of fused-ring (bicyclic) bond motifs is 2. The molecule has 3 fully saturated rings. The highest BCUT2D eigenvalue weighted by molar-refractivity contribution is 6.91. The monoisotopic (exact) mass is 759 g/mol. The summed E-state index contributed by atoms with van der Waals surface area (Å²) in [6.07, 6.45) is 0.509. The zero-order valence-corrected chi connectivity index (χ0v) is 32.5. The molecule has 0 radical (unpaired) electrons. The van der Waals surface area contributed by atoms with Crippen LogP contribution in [0.1, 0.15) is 50.7 Å². The molecule has 0 aromatic heterocycles. The second-order valence-corrected chi connectivity index (χ2v) is 20.3. The van der Waals surface area contributed by atoms with Crippen molar-refractivity contribution in [3.63, 3.8) is 0 Å². The Balaban J connectivity index is 1.27. The lowest BCUT2D eigenvalue weighted by Crippen LogP contribution is -2.54. The third-order valence-corrected chi connectivity index (χ3v) is 16.4. The Kier molecular flexibility index (Phi) is 9.94. The molecular formula is C40H46ClN3O8Si. The molecule has 4 heterocycles. The first-order valence-corrected chi connectivity index (χ1v) is 21.7. The van der Waals surface area contributed by atoms with Crippen LogP contribution >= 0.6 is 11.6 Å². The van der Waals surface area contributed by atoms with Crippen molar-refractivity contribution in [1.82, 2.24) is 4.90 Å². The molecule has 53 heavy (non-hydrogen) atoms. The van der Waals surface area contributed by atoms with Crippen molar-refractivity contribution >= 4 is 59.9 Å². The van der Waals surface area contributed by atoms with Crippen LogP contribution in [0.15, 0.2) is 66.7 Å². The molecule has 1 N–H and O–H groups in total. The summed E-state index contributed by atoms with van der Waals surface area (Å²) in [6, 6.07) is 20.6. The molecule has 0 bridgehead atoms. The number of ether oxygens (including phenoxy) is 3. The summed E-state index contributed by atoms with van der Waals surface area (Å²) in [4.78, 5) is 58.5. The number of likely N-dealkylation sites (tertiary alicyclic amines) is 1. The van der Waals surface area contributed by atoms with Gasteiger partial charge in [0.25, 0.3) is 5.91 Å². The van der Waals surface area contributed by atoms with E-state index in [9.17, 15) is 19.5 Å². The van der Waals surface area contributed by atoms with E-state index in [2.05, 4.69) is 32.2 Å². The van der Waals surface area contributed by atoms with Crippen molar-refractivity contribution in [1.29, 1.82) is 0 Å². The predicted molar refractivity (Wildman–Crippen MR) is 203 cm³/mol. The molecule has 280 valence electrons. The van der Waals surface area contributed by atoms with E-state index in [1.165, 1.54) is 11.8 Å². The van der Waals surface area contributed by atoms with Crippen LogP contribution < -0.4 is 19.7 Å². The van der Waals surface area contributed by atoms with Crippen LogP contribution in [0.3, 0.4) is 0 Å². The summed E-state index contributed by atoms with van der Waals surface area (Å²) >= 11 is 6.67.